The predicted molar refractivity (Wildman–Crippen MR) is 119 cm³/mol. The van der Waals surface area contributed by atoms with Crippen molar-refractivity contribution >= 4 is 50.0 Å². The molecule has 0 bridgehead atoms. The molecular formula is C20H20ClN3O3S2. The van der Waals surface area contributed by atoms with Crippen LogP contribution in [0.4, 0.5) is 5.69 Å². The Bertz CT molecular complexity index is 1060. The van der Waals surface area contributed by atoms with Crippen LogP contribution in [0.3, 0.4) is 0 Å². The van der Waals surface area contributed by atoms with E-state index in [2.05, 4.69) is 15.6 Å². The minimum Gasteiger partial charge on any atom is -0.352 e. The van der Waals surface area contributed by atoms with Gasteiger partial charge in [-0.25, -0.2) is 8.42 Å². The maximum atomic E-state index is 12.5. The normalized spacial score (nSPS) is 22.0. The van der Waals surface area contributed by atoms with E-state index in [1.54, 1.807) is 18.2 Å². The van der Waals surface area contributed by atoms with E-state index in [1.165, 1.54) is 11.8 Å². The summed E-state index contributed by atoms with van der Waals surface area (Å²) in [6, 6.07) is 14.8. The van der Waals surface area contributed by atoms with Crippen LogP contribution in [0, 0.1) is 0 Å². The van der Waals surface area contributed by atoms with Gasteiger partial charge in [-0.1, -0.05) is 53.7 Å². The van der Waals surface area contributed by atoms with Crippen molar-refractivity contribution in [1.29, 1.82) is 0 Å². The van der Waals surface area contributed by atoms with Gasteiger partial charge in [-0.2, -0.15) is 0 Å². The van der Waals surface area contributed by atoms with Crippen LogP contribution in [0.15, 0.2) is 53.5 Å². The molecule has 4 rings (SSSR count). The van der Waals surface area contributed by atoms with Gasteiger partial charge in [-0.3, -0.25) is 9.79 Å². The number of sulfone groups is 1. The Labute approximate surface area is 179 Å². The fourth-order valence-electron chi connectivity index (χ4n) is 3.36. The van der Waals surface area contributed by atoms with Crippen LogP contribution in [0.1, 0.15) is 15.9 Å². The molecule has 2 unspecified atom stereocenters. The number of amidine groups is 1. The lowest BCUT2D eigenvalue weighted by Gasteiger charge is -2.11. The first-order valence-corrected chi connectivity index (χ1v) is 12.3. The molecule has 0 saturated carbocycles. The number of nitrogens with zero attached hydrogens (tertiary/aromatic N) is 1. The van der Waals surface area contributed by atoms with Crippen LogP contribution in [0.5, 0.6) is 0 Å². The first-order chi connectivity index (χ1) is 13.9. The van der Waals surface area contributed by atoms with E-state index >= 15 is 0 Å². The number of anilines is 1. The number of carbonyl (C=O) groups excluding carboxylic acids is 1. The van der Waals surface area contributed by atoms with Gasteiger partial charge in [0.2, 0.25) is 0 Å². The number of benzene rings is 2. The van der Waals surface area contributed by atoms with E-state index in [1.807, 2.05) is 30.3 Å². The molecule has 2 aromatic carbocycles. The molecule has 6 nitrogen and oxygen atoms in total. The van der Waals surface area contributed by atoms with Gasteiger partial charge in [0.25, 0.3) is 5.91 Å². The summed E-state index contributed by atoms with van der Waals surface area (Å²) < 4.78 is 23.4. The zero-order valence-electron chi connectivity index (χ0n) is 15.5. The molecule has 152 valence electrons. The zero-order chi connectivity index (χ0) is 20.4. The van der Waals surface area contributed by atoms with Crippen LogP contribution in [-0.4, -0.2) is 48.8 Å². The highest BCUT2D eigenvalue weighted by Crippen LogP contribution is 2.35. The van der Waals surface area contributed by atoms with Crippen LogP contribution in [-0.2, 0) is 16.3 Å². The van der Waals surface area contributed by atoms with Gasteiger partial charge in [0.15, 0.2) is 15.0 Å². The van der Waals surface area contributed by atoms with Crippen molar-refractivity contribution in [1.82, 2.24) is 5.32 Å². The zero-order valence-corrected chi connectivity index (χ0v) is 17.9. The first kappa shape index (κ1) is 20.3. The number of halogens is 1. The predicted octanol–water partition coefficient (Wildman–Crippen LogP) is 2.99. The molecule has 2 N–H and O–H groups in total. The van der Waals surface area contributed by atoms with Crippen molar-refractivity contribution in [2.24, 2.45) is 4.99 Å². The van der Waals surface area contributed by atoms with E-state index in [4.69, 9.17) is 11.6 Å². The largest absolute Gasteiger partial charge is 0.352 e. The van der Waals surface area contributed by atoms with Gasteiger partial charge >= 0.3 is 0 Å². The summed E-state index contributed by atoms with van der Waals surface area (Å²) >= 11 is 7.69. The van der Waals surface area contributed by atoms with Crippen molar-refractivity contribution < 1.29 is 13.2 Å². The second-order valence-electron chi connectivity index (χ2n) is 7.05. The summed E-state index contributed by atoms with van der Waals surface area (Å²) in [6.45, 7) is 0.536. The Hall–Kier alpha value is -2.03. The average molecular weight is 450 g/mol. The highest BCUT2D eigenvalue weighted by molar-refractivity contribution is 8.15. The molecule has 1 saturated heterocycles. The lowest BCUT2D eigenvalue weighted by Crippen LogP contribution is -2.25. The summed E-state index contributed by atoms with van der Waals surface area (Å²) in [5, 5.41) is 7.12. The number of hydrogen-bond donors (Lipinski definition) is 2. The fraction of sp³-hybridized carbons (Fsp3) is 0.300. The monoisotopic (exact) mass is 449 g/mol. The number of nitrogens with one attached hydrogen (secondary N) is 2. The van der Waals surface area contributed by atoms with E-state index in [0.29, 0.717) is 28.0 Å². The summed E-state index contributed by atoms with van der Waals surface area (Å²) in [4.78, 5) is 17.0. The van der Waals surface area contributed by atoms with Crippen molar-refractivity contribution in [2.45, 2.75) is 17.7 Å². The van der Waals surface area contributed by atoms with Crippen molar-refractivity contribution in [3.05, 3.63) is 64.7 Å². The Morgan fingerprint density at radius 3 is 2.72 bits per heavy atom. The second kappa shape index (κ2) is 8.38. The SMILES string of the molecule is O=C(NCCc1ccccc1)c1ccc(Cl)c(NC2=NC3CS(=O)(=O)CC3S2)c1. The van der Waals surface area contributed by atoms with E-state index in [9.17, 15) is 13.2 Å². The summed E-state index contributed by atoms with van der Waals surface area (Å²) in [7, 11) is -2.99. The maximum absolute atomic E-state index is 12.5. The van der Waals surface area contributed by atoms with Gasteiger partial charge in [0.1, 0.15) is 0 Å². The minimum absolute atomic E-state index is 0.0502. The van der Waals surface area contributed by atoms with Crippen molar-refractivity contribution in [3.63, 3.8) is 0 Å². The standard InChI is InChI=1S/C20H20ClN3O3S2/c21-15-7-6-14(19(25)22-9-8-13-4-2-1-3-5-13)10-16(15)23-20-24-17-11-29(26,27)12-18(17)28-20/h1-7,10,17-18H,8-9,11-12H2,(H,22,25)(H,23,24). The third kappa shape index (κ3) is 4.94. The van der Waals surface area contributed by atoms with Gasteiger partial charge in [-0.15, -0.1) is 0 Å². The van der Waals surface area contributed by atoms with Gasteiger partial charge < -0.3 is 10.6 Å². The molecule has 2 aliphatic heterocycles. The number of fused-ring (bicyclic) bond motifs is 1. The molecule has 0 aromatic heterocycles. The highest BCUT2D eigenvalue weighted by atomic mass is 35.5. The van der Waals surface area contributed by atoms with Crippen LogP contribution >= 0.6 is 23.4 Å². The average Bonchev–Trinajstić information content (AvgIpc) is 3.16. The lowest BCUT2D eigenvalue weighted by atomic mass is 10.1. The molecule has 2 heterocycles. The van der Waals surface area contributed by atoms with E-state index < -0.39 is 9.84 Å². The van der Waals surface area contributed by atoms with E-state index in [-0.39, 0.29) is 28.7 Å². The number of aliphatic imine (C=N–C) groups is 1. The van der Waals surface area contributed by atoms with Gasteiger partial charge in [-0.05, 0) is 30.2 Å². The Morgan fingerprint density at radius 2 is 1.97 bits per heavy atom. The molecule has 0 spiro atoms. The number of rotatable bonds is 5. The van der Waals surface area contributed by atoms with Crippen LogP contribution < -0.4 is 10.6 Å². The molecular weight excluding hydrogens is 430 g/mol. The van der Waals surface area contributed by atoms with Gasteiger partial charge in [0, 0.05) is 17.4 Å². The lowest BCUT2D eigenvalue weighted by molar-refractivity contribution is 0.0954. The Kier molecular flexibility index (Phi) is 5.85. The summed E-state index contributed by atoms with van der Waals surface area (Å²) in [5.41, 5.74) is 2.24. The smallest absolute Gasteiger partial charge is 0.251 e. The number of thioether (sulfide) groups is 1. The molecule has 2 aliphatic rings. The van der Waals surface area contributed by atoms with Crippen LogP contribution in [0.2, 0.25) is 5.02 Å². The molecule has 0 aliphatic carbocycles. The molecule has 29 heavy (non-hydrogen) atoms. The molecule has 9 heteroatoms. The molecule has 1 fully saturated rings. The minimum atomic E-state index is -2.99. The molecule has 1 amide bonds. The third-order valence-electron chi connectivity index (χ3n) is 4.83. The fourth-order valence-corrected chi connectivity index (χ4v) is 7.19. The van der Waals surface area contributed by atoms with Gasteiger partial charge in [0.05, 0.1) is 28.3 Å². The third-order valence-corrected chi connectivity index (χ3v) is 8.30. The topological polar surface area (TPSA) is 87.6 Å². The second-order valence-corrected chi connectivity index (χ2v) is 10.8. The highest BCUT2D eigenvalue weighted by Gasteiger charge is 2.42. The Balaban J connectivity index is 1.38. The van der Waals surface area contributed by atoms with Crippen LogP contribution in [0.25, 0.3) is 0 Å². The first-order valence-electron chi connectivity index (χ1n) is 9.23. The maximum Gasteiger partial charge on any atom is 0.251 e. The Morgan fingerprint density at radius 1 is 1.17 bits per heavy atom. The quantitative estimate of drug-likeness (QED) is 0.732. The summed E-state index contributed by atoms with van der Waals surface area (Å²) in [5.74, 6) is 0.0619. The number of amides is 1. The van der Waals surface area contributed by atoms with Crippen molar-refractivity contribution in [3.8, 4) is 0 Å². The molecule has 0 radical (unpaired) electrons. The summed E-state index contributed by atoms with van der Waals surface area (Å²) in [6.07, 6.45) is 0.754. The molecule has 2 aromatic rings. The van der Waals surface area contributed by atoms with Crippen molar-refractivity contribution in [2.75, 3.05) is 23.4 Å². The number of hydrogen-bond acceptors (Lipinski definition) is 6. The molecule has 2 atom stereocenters. The van der Waals surface area contributed by atoms with E-state index in [0.717, 1.165) is 12.0 Å². The number of carbonyl (C=O) groups is 1.